The second kappa shape index (κ2) is 11.0. The van der Waals surface area contributed by atoms with Gasteiger partial charge in [0.2, 0.25) is 0 Å². The number of alkyl halides is 1. The summed E-state index contributed by atoms with van der Waals surface area (Å²) in [7, 11) is 0. The van der Waals surface area contributed by atoms with E-state index in [0.717, 1.165) is 9.84 Å². The molecular weight excluding hydrogens is 295 g/mol. The number of allylic oxidation sites excluding steroid dienone is 1. The Balaban J connectivity index is 3.61. The molecule has 0 saturated heterocycles. The van der Waals surface area contributed by atoms with Crippen molar-refractivity contribution in [3.63, 3.8) is 0 Å². The number of halogens is 1. The maximum absolute atomic E-state index is 3.87. The van der Waals surface area contributed by atoms with Gasteiger partial charge in [0.25, 0.3) is 0 Å². The van der Waals surface area contributed by atoms with Crippen molar-refractivity contribution in [3.05, 3.63) is 12.7 Å². The third-order valence-corrected chi connectivity index (χ3v) is 4.95. The topological polar surface area (TPSA) is 0 Å². The second-order valence-corrected chi connectivity index (χ2v) is 6.01. The molecule has 90 valence electrons. The fourth-order valence-corrected chi connectivity index (χ4v) is 2.66. The van der Waals surface area contributed by atoms with Crippen LogP contribution in [0.4, 0.5) is 0 Å². The van der Waals surface area contributed by atoms with Crippen LogP contribution in [0.3, 0.4) is 0 Å². The molecule has 15 heavy (non-hydrogen) atoms. The zero-order chi connectivity index (χ0) is 11.5. The molecule has 0 fully saturated rings. The molecule has 0 aromatic rings. The summed E-state index contributed by atoms with van der Waals surface area (Å²) in [5.74, 6) is 0.870. The van der Waals surface area contributed by atoms with Crippen molar-refractivity contribution in [1.29, 1.82) is 0 Å². The molecule has 0 spiro atoms. The van der Waals surface area contributed by atoms with Crippen LogP contribution in [0.15, 0.2) is 12.7 Å². The largest absolute Gasteiger partial charge is 0.103 e. The van der Waals surface area contributed by atoms with Gasteiger partial charge in [0, 0.05) is 3.92 Å². The summed E-state index contributed by atoms with van der Waals surface area (Å²) in [6.07, 6.45) is 13.0. The summed E-state index contributed by atoms with van der Waals surface area (Å²) in [4.78, 5) is 0. The molecule has 0 aromatic heterocycles. The van der Waals surface area contributed by atoms with Crippen LogP contribution in [-0.2, 0) is 0 Å². The second-order valence-electron chi connectivity index (χ2n) is 4.41. The third-order valence-electron chi connectivity index (χ3n) is 3.05. The van der Waals surface area contributed by atoms with Crippen molar-refractivity contribution in [2.45, 2.75) is 69.1 Å². The Morgan fingerprint density at radius 1 is 1.13 bits per heavy atom. The fourth-order valence-electron chi connectivity index (χ4n) is 2.00. The smallest absolute Gasteiger partial charge is 0.0138 e. The maximum Gasteiger partial charge on any atom is 0.0138 e. The first-order valence-corrected chi connectivity index (χ1v) is 7.75. The average molecular weight is 322 g/mol. The lowest BCUT2D eigenvalue weighted by atomic mass is 9.93. The van der Waals surface area contributed by atoms with E-state index < -0.39 is 0 Å². The molecule has 1 heteroatoms. The van der Waals surface area contributed by atoms with Crippen molar-refractivity contribution in [3.8, 4) is 0 Å². The zero-order valence-corrected chi connectivity index (χ0v) is 12.6. The summed E-state index contributed by atoms with van der Waals surface area (Å²) >= 11 is 2.61. The molecule has 0 bridgehead atoms. The van der Waals surface area contributed by atoms with Gasteiger partial charge in [-0.15, -0.1) is 6.58 Å². The van der Waals surface area contributed by atoms with Crippen LogP contribution in [0.1, 0.15) is 65.2 Å². The highest BCUT2D eigenvalue weighted by atomic mass is 127. The van der Waals surface area contributed by atoms with E-state index in [0.29, 0.717) is 0 Å². The van der Waals surface area contributed by atoms with Gasteiger partial charge in [0.15, 0.2) is 0 Å². The minimum absolute atomic E-state index is 0.840. The van der Waals surface area contributed by atoms with Crippen molar-refractivity contribution in [2.24, 2.45) is 5.92 Å². The first-order chi connectivity index (χ1) is 7.26. The van der Waals surface area contributed by atoms with Gasteiger partial charge in [-0.25, -0.2) is 0 Å². The molecule has 0 nitrogen and oxygen atoms in total. The predicted octanol–water partition coefficient (Wildman–Crippen LogP) is 5.75. The molecule has 0 heterocycles. The Morgan fingerprint density at radius 3 is 2.33 bits per heavy atom. The Bertz CT molecular complexity index is 142. The highest BCUT2D eigenvalue weighted by Crippen LogP contribution is 2.26. The average Bonchev–Trinajstić information content (AvgIpc) is 2.26. The number of rotatable bonds is 10. The van der Waals surface area contributed by atoms with E-state index in [-0.39, 0.29) is 0 Å². The van der Waals surface area contributed by atoms with E-state index in [4.69, 9.17) is 0 Å². The third kappa shape index (κ3) is 8.29. The molecule has 0 rings (SSSR count). The van der Waals surface area contributed by atoms with Crippen LogP contribution in [-0.4, -0.2) is 3.92 Å². The molecule has 2 atom stereocenters. The van der Waals surface area contributed by atoms with Crippen molar-refractivity contribution < 1.29 is 0 Å². The minimum Gasteiger partial charge on any atom is -0.103 e. The molecule has 0 aliphatic rings. The van der Waals surface area contributed by atoms with Gasteiger partial charge in [0.05, 0.1) is 0 Å². The van der Waals surface area contributed by atoms with E-state index in [9.17, 15) is 0 Å². The van der Waals surface area contributed by atoms with Crippen LogP contribution in [0.2, 0.25) is 0 Å². The van der Waals surface area contributed by atoms with Crippen molar-refractivity contribution in [2.75, 3.05) is 0 Å². The van der Waals surface area contributed by atoms with Gasteiger partial charge in [-0.1, -0.05) is 74.6 Å². The van der Waals surface area contributed by atoms with E-state index in [1.54, 1.807) is 0 Å². The van der Waals surface area contributed by atoms with Crippen LogP contribution in [0.5, 0.6) is 0 Å². The lowest BCUT2D eigenvalue weighted by molar-refractivity contribution is 0.444. The van der Waals surface area contributed by atoms with Gasteiger partial charge >= 0.3 is 0 Å². The van der Waals surface area contributed by atoms with Crippen molar-refractivity contribution in [1.82, 2.24) is 0 Å². The van der Waals surface area contributed by atoms with Gasteiger partial charge < -0.3 is 0 Å². The van der Waals surface area contributed by atoms with Crippen LogP contribution in [0, 0.1) is 5.92 Å². The summed E-state index contributed by atoms with van der Waals surface area (Å²) in [5, 5.41) is 0. The maximum atomic E-state index is 3.87. The molecule has 0 N–H and O–H groups in total. The van der Waals surface area contributed by atoms with Crippen LogP contribution < -0.4 is 0 Å². The molecule has 0 radical (unpaired) electrons. The zero-order valence-electron chi connectivity index (χ0n) is 10.5. The lowest BCUT2D eigenvalue weighted by Gasteiger charge is -2.20. The Labute approximate surface area is 110 Å². The normalized spacial score (nSPS) is 14.9. The summed E-state index contributed by atoms with van der Waals surface area (Å²) in [6, 6.07) is 0. The summed E-state index contributed by atoms with van der Waals surface area (Å²) < 4.78 is 0.840. The molecule has 0 aromatic carbocycles. The molecule has 0 aliphatic heterocycles. The highest BCUT2D eigenvalue weighted by Gasteiger charge is 2.14. The minimum atomic E-state index is 0.840. The Kier molecular flexibility index (Phi) is 11.3. The van der Waals surface area contributed by atoms with Crippen LogP contribution in [0.25, 0.3) is 0 Å². The molecule has 0 amide bonds. The summed E-state index contributed by atoms with van der Waals surface area (Å²) in [6.45, 7) is 8.44. The monoisotopic (exact) mass is 322 g/mol. The molecular formula is C14H27I. The number of hydrogen-bond acceptors (Lipinski definition) is 0. The van der Waals surface area contributed by atoms with Gasteiger partial charge in [-0.2, -0.15) is 0 Å². The SMILES string of the molecule is C=CCC(CCCCCCC)C(I)CC. The van der Waals surface area contributed by atoms with E-state index in [2.05, 4.69) is 49.1 Å². The predicted molar refractivity (Wildman–Crippen MR) is 79.8 cm³/mol. The lowest BCUT2D eigenvalue weighted by Crippen LogP contribution is -2.12. The molecule has 0 saturated carbocycles. The molecule has 2 unspecified atom stereocenters. The van der Waals surface area contributed by atoms with Gasteiger partial charge in [0.1, 0.15) is 0 Å². The number of hydrogen-bond donors (Lipinski definition) is 0. The number of unbranched alkanes of at least 4 members (excludes halogenated alkanes) is 4. The van der Waals surface area contributed by atoms with Gasteiger partial charge in [-0.05, 0) is 25.2 Å². The van der Waals surface area contributed by atoms with E-state index >= 15 is 0 Å². The van der Waals surface area contributed by atoms with Gasteiger partial charge in [-0.3, -0.25) is 0 Å². The Hall–Kier alpha value is 0.470. The Morgan fingerprint density at radius 2 is 1.80 bits per heavy atom. The fraction of sp³-hybridized carbons (Fsp3) is 0.857. The standard InChI is InChI=1S/C14H27I/c1-4-7-8-9-10-12-13(11-5-2)14(15)6-3/h5,13-14H,2,4,6-12H2,1,3H3. The van der Waals surface area contributed by atoms with E-state index in [1.807, 2.05) is 0 Å². The first-order valence-electron chi connectivity index (χ1n) is 6.51. The summed E-state index contributed by atoms with van der Waals surface area (Å²) in [5.41, 5.74) is 0. The quantitative estimate of drug-likeness (QED) is 0.208. The highest BCUT2D eigenvalue weighted by molar-refractivity contribution is 14.1. The van der Waals surface area contributed by atoms with Crippen LogP contribution >= 0.6 is 22.6 Å². The molecule has 0 aliphatic carbocycles. The van der Waals surface area contributed by atoms with Crippen molar-refractivity contribution >= 4 is 22.6 Å². The first kappa shape index (κ1) is 15.5. The van der Waals surface area contributed by atoms with E-state index in [1.165, 1.54) is 51.4 Å².